The molecule has 0 aliphatic rings. The number of anilines is 1. The fourth-order valence-corrected chi connectivity index (χ4v) is 3.44. The van der Waals surface area contributed by atoms with E-state index in [1.165, 1.54) is 5.56 Å². The summed E-state index contributed by atoms with van der Waals surface area (Å²) in [4.78, 5) is 28.6. The van der Waals surface area contributed by atoms with Crippen LogP contribution >= 0.6 is 11.3 Å². The highest BCUT2D eigenvalue weighted by Gasteiger charge is 2.14. The van der Waals surface area contributed by atoms with Crippen LogP contribution in [0, 0.1) is 0 Å². The summed E-state index contributed by atoms with van der Waals surface area (Å²) in [7, 11) is 0. The van der Waals surface area contributed by atoms with E-state index in [4.69, 9.17) is 0 Å². The summed E-state index contributed by atoms with van der Waals surface area (Å²) in [5.74, 6) is -0.318. The van der Waals surface area contributed by atoms with Gasteiger partial charge in [-0.05, 0) is 47.4 Å². The second kappa shape index (κ2) is 9.01. The Hall–Kier alpha value is -2.99. The van der Waals surface area contributed by atoms with E-state index in [1.54, 1.807) is 17.5 Å². The van der Waals surface area contributed by atoms with Gasteiger partial charge in [0.1, 0.15) is 5.01 Å². The van der Waals surface area contributed by atoms with Gasteiger partial charge in [-0.3, -0.25) is 9.59 Å². The molecular formula is C23H25N3O2S. The minimum absolute atomic E-state index is 0.0472. The molecule has 29 heavy (non-hydrogen) atoms. The van der Waals surface area contributed by atoms with Crippen molar-refractivity contribution in [2.24, 2.45) is 0 Å². The quantitative estimate of drug-likeness (QED) is 0.613. The van der Waals surface area contributed by atoms with Gasteiger partial charge in [-0.25, -0.2) is 4.98 Å². The van der Waals surface area contributed by atoms with Crippen molar-refractivity contribution < 1.29 is 9.59 Å². The van der Waals surface area contributed by atoms with E-state index in [2.05, 4.69) is 36.4 Å². The van der Waals surface area contributed by atoms with Crippen LogP contribution in [0.25, 0.3) is 10.6 Å². The fourth-order valence-electron chi connectivity index (χ4n) is 2.80. The van der Waals surface area contributed by atoms with Crippen molar-refractivity contribution in [1.82, 2.24) is 10.3 Å². The van der Waals surface area contributed by atoms with Gasteiger partial charge in [0.2, 0.25) is 5.91 Å². The van der Waals surface area contributed by atoms with E-state index in [9.17, 15) is 9.59 Å². The summed E-state index contributed by atoms with van der Waals surface area (Å²) in [5.41, 5.74) is 3.55. The van der Waals surface area contributed by atoms with Gasteiger partial charge in [-0.2, -0.15) is 0 Å². The van der Waals surface area contributed by atoms with Crippen molar-refractivity contribution in [2.75, 3.05) is 11.9 Å². The van der Waals surface area contributed by atoms with E-state index in [0.29, 0.717) is 5.56 Å². The van der Waals surface area contributed by atoms with Gasteiger partial charge in [-0.15, -0.1) is 11.3 Å². The summed E-state index contributed by atoms with van der Waals surface area (Å²) in [6.07, 6.45) is 1.98. The normalized spacial score (nSPS) is 11.1. The van der Waals surface area contributed by atoms with Crippen LogP contribution in [0.5, 0.6) is 0 Å². The van der Waals surface area contributed by atoms with E-state index in [0.717, 1.165) is 16.3 Å². The SMILES string of the molecule is CC(C)(C)c1ccc(C(=O)NCCC(=O)Nc2ccc(-c3nccs3)cc2)cc1. The zero-order valence-electron chi connectivity index (χ0n) is 16.9. The van der Waals surface area contributed by atoms with Gasteiger partial charge in [0.25, 0.3) is 5.91 Å². The Kier molecular flexibility index (Phi) is 6.44. The maximum absolute atomic E-state index is 12.2. The Morgan fingerprint density at radius 2 is 1.69 bits per heavy atom. The van der Waals surface area contributed by atoms with Crippen molar-refractivity contribution >= 4 is 28.8 Å². The number of aromatic nitrogens is 1. The molecule has 6 heteroatoms. The van der Waals surface area contributed by atoms with Crippen LogP contribution in [-0.2, 0) is 10.2 Å². The van der Waals surface area contributed by atoms with Crippen molar-refractivity contribution in [1.29, 1.82) is 0 Å². The topological polar surface area (TPSA) is 71.1 Å². The largest absolute Gasteiger partial charge is 0.352 e. The number of carbonyl (C=O) groups is 2. The van der Waals surface area contributed by atoms with Gasteiger partial charge in [0, 0.05) is 41.4 Å². The van der Waals surface area contributed by atoms with Crippen LogP contribution in [0.4, 0.5) is 5.69 Å². The molecule has 0 saturated heterocycles. The Morgan fingerprint density at radius 3 is 2.28 bits per heavy atom. The summed E-state index contributed by atoms with van der Waals surface area (Å²) in [6, 6.07) is 15.1. The Bertz CT molecular complexity index is 957. The molecule has 0 unspecified atom stereocenters. The first-order chi connectivity index (χ1) is 13.8. The number of nitrogens with zero attached hydrogens (tertiary/aromatic N) is 1. The molecule has 1 heterocycles. The van der Waals surface area contributed by atoms with Gasteiger partial charge in [0.15, 0.2) is 0 Å². The molecule has 0 spiro atoms. The molecule has 0 fully saturated rings. The monoisotopic (exact) mass is 407 g/mol. The minimum atomic E-state index is -0.175. The molecule has 0 saturated carbocycles. The molecule has 2 aromatic carbocycles. The van der Waals surface area contributed by atoms with E-state index < -0.39 is 0 Å². The molecule has 0 atom stereocenters. The molecule has 2 amide bonds. The minimum Gasteiger partial charge on any atom is -0.352 e. The standard InChI is InChI=1S/C23H25N3O2S/c1-23(2,3)18-8-4-16(5-9-18)21(28)24-13-12-20(27)26-19-10-6-17(7-11-19)22-25-14-15-29-22/h4-11,14-15H,12-13H2,1-3H3,(H,24,28)(H,26,27). The van der Waals surface area contributed by atoms with Crippen LogP contribution in [0.2, 0.25) is 0 Å². The third-order valence-corrected chi connectivity index (χ3v) is 5.32. The average molecular weight is 408 g/mol. The second-order valence-electron chi connectivity index (χ2n) is 7.80. The molecule has 1 aromatic heterocycles. The van der Waals surface area contributed by atoms with E-state index in [1.807, 2.05) is 53.9 Å². The smallest absolute Gasteiger partial charge is 0.251 e. The average Bonchev–Trinajstić information content (AvgIpc) is 3.23. The summed E-state index contributed by atoms with van der Waals surface area (Å²) in [6.45, 7) is 6.68. The zero-order valence-corrected chi connectivity index (χ0v) is 17.7. The van der Waals surface area contributed by atoms with E-state index >= 15 is 0 Å². The third-order valence-electron chi connectivity index (χ3n) is 4.50. The number of carbonyl (C=O) groups excluding carboxylic acids is 2. The Balaban J connectivity index is 1.45. The van der Waals surface area contributed by atoms with E-state index in [-0.39, 0.29) is 30.2 Å². The van der Waals surface area contributed by atoms with Gasteiger partial charge in [-0.1, -0.05) is 32.9 Å². The first kappa shape index (κ1) is 20.7. The molecule has 2 N–H and O–H groups in total. The van der Waals surface area contributed by atoms with Crippen LogP contribution in [-0.4, -0.2) is 23.3 Å². The Morgan fingerprint density at radius 1 is 1.00 bits per heavy atom. The van der Waals surface area contributed by atoms with Gasteiger partial charge < -0.3 is 10.6 Å². The molecule has 150 valence electrons. The molecular weight excluding hydrogens is 382 g/mol. The van der Waals surface area contributed by atoms with Crippen LogP contribution < -0.4 is 10.6 Å². The highest BCUT2D eigenvalue weighted by atomic mass is 32.1. The number of rotatable bonds is 6. The van der Waals surface area contributed by atoms with Crippen molar-refractivity contribution in [3.05, 3.63) is 71.2 Å². The lowest BCUT2D eigenvalue weighted by Gasteiger charge is -2.19. The maximum atomic E-state index is 12.2. The van der Waals surface area contributed by atoms with Gasteiger partial charge >= 0.3 is 0 Å². The van der Waals surface area contributed by atoms with Crippen molar-refractivity contribution in [2.45, 2.75) is 32.6 Å². The van der Waals surface area contributed by atoms with Crippen LogP contribution in [0.1, 0.15) is 43.1 Å². The number of benzene rings is 2. The predicted molar refractivity (Wildman–Crippen MR) is 118 cm³/mol. The Labute approximate surface area is 175 Å². The third kappa shape index (κ3) is 5.74. The lowest BCUT2D eigenvalue weighted by atomic mass is 9.87. The first-order valence-electron chi connectivity index (χ1n) is 9.51. The van der Waals surface area contributed by atoms with Crippen molar-refractivity contribution in [3.8, 4) is 10.6 Å². The number of nitrogens with one attached hydrogen (secondary N) is 2. The summed E-state index contributed by atoms with van der Waals surface area (Å²) >= 11 is 1.57. The molecule has 0 aliphatic carbocycles. The van der Waals surface area contributed by atoms with Crippen LogP contribution in [0.3, 0.4) is 0 Å². The highest BCUT2D eigenvalue weighted by molar-refractivity contribution is 7.13. The highest BCUT2D eigenvalue weighted by Crippen LogP contribution is 2.23. The first-order valence-corrected chi connectivity index (χ1v) is 10.4. The maximum Gasteiger partial charge on any atom is 0.251 e. The zero-order chi connectivity index (χ0) is 20.9. The fraction of sp³-hybridized carbons (Fsp3) is 0.261. The molecule has 5 nitrogen and oxygen atoms in total. The second-order valence-corrected chi connectivity index (χ2v) is 8.69. The molecule has 0 radical (unpaired) electrons. The molecule has 3 aromatic rings. The predicted octanol–water partition coefficient (Wildman–Crippen LogP) is 4.87. The number of hydrogen-bond acceptors (Lipinski definition) is 4. The van der Waals surface area contributed by atoms with Crippen molar-refractivity contribution in [3.63, 3.8) is 0 Å². The lowest BCUT2D eigenvalue weighted by Crippen LogP contribution is -2.27. The van der Waals surface area contributed by atoms with Crippen LogP contribution in [0.15, 0.2) is 60.1 Å². The molecule has 0 aliphatic heterocycles. The molecule has 3 rings (SSSR count). The number of hydrogen-bond donors (Lipinski definition) is 2. The van der Waals surface area contributed by atoms with Gasteiger partial charge in [0.05, 0.1) is 0 Å². The number of amides is 2. The lowest BCUT2D eigenvalue weighted by molar-refractivity contribution is -0.116. The summed E-state index contributed by atoms with van der Waals surface area (Å²) in [5, 5.41) is 8.51. The number of thiazole rings is 1. The summed E-state index contributed by atoms with van der Waals surface area (Å²) < 4.78 is 0. The molecule has 0 bridgehead atoms.